The first-order valence-electron chi connectivity index (χ1n) is 8.42. The zero-order valence-corrected chi connectivity index (χ0v) is 14.3. The van der Waals surface area contributed by atoms with Crippen molar-refractivity contribution in [2.24, 2.45) is 0 Å². The largest absolute Gasteiger partial charge is 0.390 e. The maximum atomic E-state index is 13.5. The number of hydrogen-bond acceptors (Lipinski definition) is 3. The molecule has 24 heavy (non-hydrogen) atoms. The van der Waals surface area contributed by atoms with E-state index in [0.717, 1.165) is 24.0 Å². The molecule has 1 N–H and O–H groups in total. The van der Waals surface area contributed by atoms with Gasteiger partial charge in [-0.3, -0.25) is 0 Å². The van der Waals surface area contributed by atoms with Gasteiger partial charge in [0.05, 0.1) is 12.6 Å². The molecule has 4 rings (SSSR count). The third-order valence-corrected chi connectivity index (χ3v) is 5.68. The lowest BCUT2D eigenvalue weighted by Gasteiger charge is -2.29. The predicted octanol–water partition coefficient (Wildman–Crippen LogP) is 4.20. The van der Waals surface area contributed by atoms with E-state index in [2.05, 4.69) is 28.8 Å². The van der Waals surface area contributed by atoms with Gasteiger partial charge >= 0.3 is 0 Å². The van der Waals surface area contributed by atoms with Gasteiger partial charge in [-0.05, 0) is 36.9 Å². The van der Waals surface area contributed by atoms with Gasteiger partial charge in [-0.25, -0.2) is 8.70 Å². The Balaban J connectivity index is 1.61. The fourth-order valence-electron chi connectivity index (χ4n) is 3.53. The van der Waals surface area contributed by atoms with Crippen LogP contribution < -0.4 is 0 Å². The number of benzene rings is 2. The van der Waals surface area contributed by atoms with Crippen LogP contribution in [0.25, 0.3) is 21.8 Å². The summed E-state index contributed by atoms with van der Waals surface area (Å²) in [6, 6.07) is 16.6. The minimum Gasteiger partial charge on any atom is -0.390 e. The first-order valence-corrected chi connectivity index (χ1v) is 9.26. The van der Waals surface area contributed by atoms with Crippen LogP contribution in [0.4, 0.5) is 4.39 Å². The third-order valence-electron chi connectivity index (χ3n) is 4.59. The molecule has 0 saturated carbocycles. The Morgan fingerprint density at radius 1 is 1.04 bits per heavy atom. The molecule has 5 heteroatoms. The Morgan fingerprint density at radius 3 is 2.29 bits per heavy atom. The summed E-state index contributed by atoms with van der Waals surface area (Å²) in [6.07, 6.45) is 0.947. The summed E-state index contributed by atoms with van der Waals surface area (Å²) in [7, 11) is 0. The van der Waals surface area contributed by atoms with E-state index in [4.69, 9.17) is 0 Å². The molecule has 0 amide bonds. The molecule has 126 valence electrons. The molecule has 0 spiro atoms. The molecule has 0 radical (unpaired) electrons. The predicted molar refractivity (Wildman–Crippen MR) is 98.7 cm³/mol. The van der Waals surface area contributed by atoms with Crippen molar-refractivity contribution in [3.05, 3.63) is 48.5 Å². The van der Waals surface area contributed by atoms with E-state index >= 15 is 0 Å². The number of aromatic nitrogens is 1. The highest BCUT2D eigenvalue weighted by molar-refractivity contribution is 7.97. The Morgan fingerprint density at radius 2 is 1.67 bits per heavy atom. The van der Waals surface area contributed by atoms with E-state index in [0.29, 0.717) is 19.5 Å². The summed E-state index contributed by atoms with van der Waals surface area (Å²) in [5.74, 6) is 0. The Kier molecular flexibility index (Phi) is 4.48. The van der Waals surface area contributed by atoms with Crippen LogP contribution in [-0.2, 0) is 6.54 Å². The molecule has 1 saturated heterocycles. The van der Waals surface area contributed by atoms with E-state index in [1.54, 1.807) is 0 Å². The maximum Gasteiger partial charge on any atom is 0.159 e. The Bertz CT molecular complexity index is 796. The lowest BCUT2D eigenvalue weighted by molar-refractivity contribution is 0.130. The third kappa shape index (κ3) is 3.04. The Hall–Kier alpha value is -1.56. The lowest BCUT2D eigenvalue weighted by Crippen LogP contribution is -2.34. The summed E-state index contributed by atoms with van der Waals surface area (Å²) in [5, 5.41) is 13.0. The van der Waals surface area contributed by atoms with Gasteiger partial charge in [0.25, 0.3) is 0 Å². The van der Waals surface area contributed by atoms with Crippen LogP contribution in [0.15, 0.2) is 48.5 Å². The molecule has 2 heterocycles. The molecule has 2 aromatic carbocycles. The summed E-state index contributed by atoms with van der Waals surface area (Å²) >= 11 is 1.23. The van der Waals surface area contributed by atoms with Gasteiger partial charge in [0.2, 0.25) is 0 Å². The van der Waals surface area contributed by atoms with Crippen molar-refractivity contribution in [2.45, 2.75) is 31.0 Å². The highest BCUT2D eigenvalue weighted by Gasteiger charge is 2.23. The maximum absolute atomic E-state index is 13.5. The molecule has 1 aliphatic heterocycles. The van der Waals surface area contributed by atoms with Crippen LogP contribution in [0.3, 0.4) is 0 Å². The number of aliphatic hydroxyl groups excluding tert-OH is 1. The van der Waals surface area contributed by atoms with Crippen molar-refractivity contribution >= 4 is 33.8 Å². The van der Waals surface area contributed by atoms with E-state index in [9.17, 15) is 9.50 Å². The van der Waals surface area contributed by atoms with Crippen LogP contribution >= 0.6 is 11.9 Å². The molecule has 1 aliphatic rings. The molecule has 2 atom stereocenters. The summed E-state index contributed by atoms with van der Waals surface area (Å²) in [5.41, 5.74) is 1.43. The lowest BCUT2D eigenvalue weighted by atomic mass is 10.2. The first-order chi connectivity index (χ1) is 11.7. The van der Waals surface area contributed by atoms with Crippen molar-refractivity contribution in [1.82, 2.24) is 8.87 Å². The van der Waals surface area contributed by atoms with Crippen molar-refractivity contribution in [1.29, 1.82) is 0 Å². The Labute approximate surface area is 145 Å². The number of halogens is 1. The topological polar surface area (TPSA) is 28.4 Å². The van der Waals surface area contributed by atoms with Crippen LogP contribution in [0, 0.1) is 0 Å². The molecule has 0 aliphatic carbocycles. The average Bonchev–Trinajstić information content (AvgIpc) is 2.90. The summed E-state index contributed by atoms with van der Waals surface area (Å²) < 4.78 is 17.7. The highest BCUT2D eigenvalue weighted by Crippen LogP contribution is 2.30. The molecule has 0 bridgehead atoms. The fraction of sp³-hybridized carbons (Fsp3) is 0.368. The van der Waals surface area contributed by atoms with Crippen molar-refractivity contribution in [3.63, 3.8) is 0 Å². The van der Waals surface area contributed by atoms with E-state index in [-0.39, 0.29) is 0 Å². The second-order valence-electron chi connectivity index (χ2n) is 6.34. The summed E-state index contributed by atoms with van der Waals surface area (Å²) in [6.45, 7) is 1.85. The van der Waals surface area contributed by atoms with Gasteiger partial charge in [-0.15, -0.1) is 0 Å². The standard InChI is InChI=1S/C19H21FN2OS/c20-19-10-5-11-21(24-19)12-14(23)13-22-17-8-3-1-6-15(17)16-7-2-4-9-18(16)22/h1-4,6-9,14,19,23H,5,10-13H2. The number of para-hydroxylation sites is 2. The van der Waals surface area contributed by atoms with Crippen molar-refractivity contribution in [3.8, 4) is 0 Å². The first kappa shape index (κ1) is 15.9. The second-order valence-corrected chi connectivity index (χ2v) is 7.58. The van der Waals surface area contributed by atoms with Gasteiger partial charge in [-0.2, -0.15) is 0 Å². The van der Waals surface area contributed by atoms with E-state index < -0.39 is 11.6 Å². The second kappa shape index (κ2) is 6.75. The van der Waals surface area contributed by atoms with Gasteiger partial charge in [-0.1, -0.05) is 36.4 Å². The van der Waals surface area contributed by atoms with E-state index in [1.807, 2.05) is 28.6 Å². The van der Waals surface area contributed by atoms with Crippen LogP contribution in [0.1, 0.15) is 12.8 Å². The molecule has 3 aromatic rings. The highest BCUT2D eigenvalue weighted by atomic mass is 32.2. The van der Waals surface area contributed by atoms with Crippen LogP contribution in [-0.4, -0.2) is 38.7 Å². The molecule has 1 aromatic heterocycles. The monoisotopic (exact) mass is 344 g/mol. The number of hydrogen-bond donors (Lipinski definition) is 1. The average molecular weight is 344 g/mol. The van der Waals surface area contributed by atoms with Crippen LogP contribution in [0.2, 0.25) is 0 Å². The fourth-order valence-corrected chi connectivity index (χ4v) is 4.62. The SMILES string of the molecule is OC(CN1CCCC(F)S1)Cn1c2ccccc2c2ccccc21. The van der Waals surface area contributed by atoms with Crippen LogP contribution in [0.5, 0.6) is 0 Å². The zero-order chi connectivity index (χ0) is 16.5. The van der Waals surface area contributed by atoms with Gasteiger partial charge < -0.3 is 9.67 Å². The zero-order valence-electron chi connectivity index (χ0n) is 13.4. The number of alkyl halides is 1. The minimum absolute atomic E-state index is 0.492. The number of fused-ring (bicyclic) bond motifs is 3. The molecular weight excluding hydrogens is 323 g/mol. The number of aliphatic hydroxyl groups is 1. The molecule has 2 unspecified atom stereocenters. The molecule has 1 fully saturated rings. The van der Waals surface area contributed by atoms with E-state index in [1.165, 1.54) is 22.7 Å². The van der Waals surface area contributed by atoms with Crippen molar-refractivity contribution < 1.29 is 9.50 Å². The number of nitrogens with zero attached hydrogens (tertiary/aromatic N) is 2. The van der Waals surface area contributed by atoms with Gasteiger partial charge in [0.1, 0.15) is 0 Å². The normalized spacial score (nSPS) is 20.7. The smallest absolute Gasteiger partial charge is 0.159 e. The van der Waals surface area contributed by atoms with Crippen molar-refractivity contribution in [2.75, 3.05) is 13.1 Å². The van der Waals surface area contributed by atoms with Gasteiger partial charge in [0, 0.05) is 34.9 Å². The molecular formula is C19H21FN2OS. The quantitative estimate of drug-likeness (QED) is 0.719. The summed E-state index contributed by atoms with van der Waals surface area (Å²) in [4.78, 5) is 0. The minimum atomic E-state index is -0.834. The number of rotatable bonds is 4. The van der Waals surface area contributed by atoms with Gasteiger partial charge in [0.15, 0.2) is 5.50 Å². The number of β-amino-alcohol motifs (C(OH)–C–C–N with tert-alkyl or cyclic N) is 1. The molecule has 3 nitrogen and oxygen atoms in total.